The number of nitrogens with zero attached hydrogens (tertiary/aromatic N) is 2. The van der Waals surface area contributed by atoms with E-state index in [9.17, 15) is 8.42 Å². The van der Waals surface area contributed by atoms with E-state index in [2.05, 4.69) is 20.0 Å². The predicted molar refractivity (Wildman–Crippen MR) is 104 cm³/mol. The zero-order valence-electron chi connectivity index (χ0n) is 15.0. The lowest BCUT2D eigenvalue weighted by molar-refractivity contribution is 0.411. The van der Waals surface area contributed by atoms with Gasteiger partial charge in [0.2, 0.25) is 0 Å². The number of sulfonamides is 1. The first-order valence-corrected chi connectivity index (χ1v) is 9.72. The number of hydrogen-bond donors (Lipinski definition) is 2. The molecule has 2 heterocycles. The minimum Gasteiger partial charge on any atom is -0.496 e. The van der Waals surface area contributed by atoms with Crippen molar-refractivity contribution < 1.29 is 13.2 Å². The van der Waals surface area contributed by atoms with Gasteiger partial charge in [-0.2, -0.15) is 0 Å². The van der Waals surface area contributed by atoms with Crippen LogP contribution in [0.5, 0.6) is 5.75 Å². The summed E-state index contributed by atoms with van der Waals surface area (Å²) >= 11 is 0. The summed E-state index contributed by atoms with van der Waals surface area (Å²) in [6.45, 7) is 2.39. The fourth-order valence-corrected chi connectivity index (χ4v) is 3.57. The van der Waals surface area contributed by atoms with Crippen molar-refractivity contribution >= 4 is 21.5 Å². The number of aromatic nitrogens is 2. The average molecular weight is 384 g/mol. The Morgan fingerprint density at radius 2 is 1.96 bits per heavy atom. The van der Waals surface area contributed by atoms with Gasteiger partial charge < -0.3 is 10.1 Å². The largest absolute Gasteiger partial charge is 0.496 e. The maximum atomic E-state index is 12.5. The van der Waals surface area contributed by atoms with Crippen molar-refractivity contribution in [2.75, 3.05) is 17.1 Å². The Kier molecular flexibility index (Phi) is 5.56. The van der Waals surface area contributed by atoms with Crippen LogP contribution in [0.1, 0.15) is 11.1 Å². The second-order valence-electron chi connectivity index (χ2n) is 5.88. The quantitative estimate of drug-likeness (QED) is 0.650. The maximum absolute atomic E-state index is 12.5. The van der Waals surface area contributed by atoms with Crippen LogP contribution in [-0.4, -0.2) is 25.5 Å². The second-order valence-corrected chi connectivity index (χ2v) is 7.57. The Morgan fingerprint density at radius 1 is 1.11 bits per heavy atom. The van der Waals surface area contributed by atoms with Gasteiger partial charge in [-0.25, -0.2) is 13.4 Å². The summed E-state index contributed by atoms with van der Waals surface area (Å²) in [5.74, 6) is 0.881. The van der Waals surface area contributed by atoms with Crippen LogP contribution in [0.4, 0.5) is 11.5 Å². The molecule has 2 N–H and O–H groups in total. The number of pyridine rings is 2. The van der Waals surface area contributed by atoms with E-state index in [4.69, 9.17) is 4.74 Å². The molecule has 3 aromatic rings. The van der Waals surface area contributed by atoms with E-state index in [1.165, 1.54) is 6.07 Å². The number of nitrogens with one attached hydrogen (secondary N) is 2. The first kappa shape index (κ1) is 18.7. The minimum atomic E-state index is -3.73. The average Bonchev–Trinajstić information content (AvgIpc) is 2.68. The Labute approximate surface area is 158 Å². The Balaban J connectivity index is 1.67. The number of hydrogen-bond acceptors (Lipinski definition) is 6. The zero-order valence-corrected chi connectivity index (χ0v) is 15.8. The van der Waals surface area contributed by atoms with Crippen LogP contribution in [-0.2, 0) is 16.6 Å². The second kappa shape index (κ2) is 8.05. The van der Waals surface area contributed by atoms with Crippen molar-refractivity contribution in [1.82, 2.24) is 9.97 Å². The summed E-state index contributed by atoms with van der Waals surface area (Å²) in [5.41, 5.74) is 2.56. The molecule has 0 radical (unpaired) electrons. The summed E-state index contributed by atoms with van der Waals surface area (Å²) in [6, 6.07) is 11.9. The molecule has 0 aliphatic rings. The molecule has 0 bridgehead atoms. The van der Waals surface area contributed by atoms with Crippen LogP contribution < -0.4 is 14.8 Å². The number of rotatable bonds is 7. The SMILES string of the molecule is COc1ccc(S(=O)(=O)Nc2ccc(NCc3cccnc3)cn2)cc1C. The first-order valence-electron chi connectivity index (χ1n) is 8.24. The van der Waals surface area contributed by atoms with E-state index >= 15 is 0 Å². The molecule has 0 aliphatic heterocycles. The number of anilines is 2. The van der Waals surface area contributed by atoms with E-state index in [1.54, 1.807) is 56.9 Å². The summed E-state index contributed by atoms with van der Waals surface area (Å²) in [5, 5.41) is 3.21. The van der Waals surface area contributed by atoms with Gasteiger partial charge in [0.1, 0.15) is 11.6 Å². The molecule has 0 aliphatic carbocycles. The molecule has 0 saturated heterocycles. The third-order valence-corrected chi connectivity index (χ3v) is 5.25. The van der Waals surface area contributed by atoms with Crippen molar-refractivity contribution in [2.24, 2.45) is 0 Å². The lowest BCUT2D eigenvalue weighted by Crippen LogP contribution is -2.14. The lowest BCUT2D eigenvalue weighted by Gasteiger charge is -2.11. The van der Waals surface area contributed by atoms with E-state index in [-0.39, 0.29) is 10.7 Å². The van der Waals surface area contributed by atoms with Gasteiger partial charge in [0.05, 0.1) is 23.9 Å². The molecule has 7 nitrogen and oxygen atoms in total. The van der Waals surface area contributed by atoms with Gasteiger partial charge >= 0.3 is 0 Å². The predicted octanol–water partition coefficient (Wildman–Crippen LogP) is 3.21. The van der Waals surface area contributed by atoms with Crippen LogP contribution in [0.2, 0.25) is 0 Å². The normalized spacial score (nSPS) is 11.0. The Bertz CT molecular complexity index is 1010. The van der Waals surface area contributed by atoms with Crippen molar-refractivity contribution in [2.45, 2.75) is 18.4 Å². The van der Waals surface area contributed by atoms with E-state index in [1.807, 2.05) is 12.1 Å². The highest BCUT2D eigenvalue weighted by Gasteiger charge is 2.16. The van der Waals surface area contributed by atoms with E-state index < -0.39 is 10.0 Å². The van der Waals surface area contributed by atoms with Crippen molar-refractivity contribution in [1.29, 1.82) is 0 Å². The topological polar surface area (TPSA) is 93.2 Å². The van der Waals surface area contributed by atoms with Crippen LogP contribution in [0, 0.1) is 6.92 Å². The highest BCUT2D eigenvalue weighted by Crippen LogP contribution is 2.23. The molecule has 27 heavy (non-hydrogen) atoms. The molecule has 2 aromatic heterocycles. The molecule has 0 amide bonds. The summed E-state index contributed by atoms with van der Waals surface area (Å²) in [4.78, 5) is 8.38. The first-order chi connectivity index (χ1) is 13.0. The molecule has 0 unspecified atom stereocenters. The van der Waals surface area contributed by atoms with E-state index in [0.29, 0.717) is 12.3 Å². The number of aryl methyl sites for hydroxylation is 1. The Morgan fingerprint density at radius 3 is 2.59 bits per heavy atom. The van der Waals surface area contributed by atoms with Crippen LogP contribution in [0.25, 0.3) is 0 Å². The van der Waals surface area contributed by atoms with Gasteiger partial charge in [-0.15, -0.1) is 0 Å². The minimum absolute atomic E-state index is 0.154. The number of methoxy groups -OCH3 is 1. The van der Waals surface area contributed by atoms with Gasteiger partial charge in [0, 0.05) is 18.9 Å². The van der Waals surface area contributed by atoms with Crippen molar-refractivity contribution in [3.05, 3.63) is 72.2 Å². The molecule has 0 spiro atoms. The van der Waals surface area contributed by atoms with Gasteiger partial charge in [-0.3, -0.25) is 9.71 Å². The van der Waals surface area contributed by atoms with Crippen molar-refractivity contribution in [3.63, 3.8) is 0 Å². The third kappa shape index (κ3) is 4.73. The molecule has 0 fully saturated rings. The summed E-state index contributed by atoms with van der Waals surface area (Å²) in [6.07, 6.45) is 5.07. The highest BCUT2D eigenvalue weighted by atomic mass is 32.2. The highest BCUT2D eigenvalue weighted by molar-refractivity contribution is 7.92. The van der Waals surface area contributed by atoms with Crippen LogP contribution >= 0.6 is 0 Å². The molecule has 0 atom stereocenters. The Hall–Kier alpha value is -3.13. The molecular formula is C19H20N4O3S. The van der Waals surface area contributed by atoms with Gasteiger partial charge in [-0.05, 0) is 54.4 Å². The molecular weight excluding hydrogens is 364 g/mol. The maximum Gasteiger partial charge on any atom is 0.263 e. The van der Waals surface area contributed by atoms with Crippen LogP contribution in [0.15, 0.2) is 66.0 Å². The van der Waals surface area contributed by atoms with Gasteiger partial charge in [0.15, 0.2) is 0 Å². The lowest BCUT2D eigenvalue weighted by atomic mass is 10.2. The standard InChI is InChI=1S/C19H20N4O3S/c1-14-10-17(6-7-18(14)26-2)27(24,25)23-19-8-5-16(13-22-19)21-12-15-4-3-9-20-11-15/h3-11,13,21H,12H2,1-2H3,(H,22,23). The number of ether oxygens (including phenoxy) is 1. The van der Waals surface area contributed by atoms with E-state index in [0.717, 1.165) is 16.8 Å². The van der Waals surface area contributed by atoms with Crippen molar-refractivity contribution in [3.8, 4) is 5.75 Å². The molecule has 140 valence electrons. The molecule has 8 heteroatoms. The fourth-order valence-electron chi connectivity index (χ4n) is 2.48. The molecule has 0 saturated carbocycles. The van der Waals surface area contributed by atoms with Gasteiger partial charge in [0.25, 0.3) is 10.0 Å². The molecule has 3 rings (SSSR count). The fraction of sp³-hybridized carbons (Fsp3) is 0.158. The number of benzene rings is 1. The van der Waals surface area contributed by atoms with Crippen LogP contribution in [0.3, 0.4) is 0 Å². The molecule has 1 aromatic carbocycles. The summed E-state index contributed by atoms with van der Waals surface area (Å²) < 4.78 is 32.7. The third-order valence-electron chi connectivity index (χ3n) is 3.90. The zero-order chi connectivity index (χ0) is 19.3. The monoisotopic (exact) mass is 384 g/mol. The smallest absolute Gasteiger partial charge is 0.263 e. The summed E-state index contributed by atoms with van der Waals surface area (Å²) in [7, 11) is -2.18. The van der Waals surface area contributed by atoms with Gasteiger partial charge in [-0.1, -0.05) is 6.07 Å².